The molecule has 0 unspecified atom stereocenters. The molecule has 1 amide bonds. The Morgan fingerprint density at radius 1 is 1.28 bits per heavy atom. The van der Waals surface area contributed by atoms with Gasteiger partial charge in [-0.3, -0.25) is 9.69 Å². The Kier molecular flexibility index (Phi) is 2.95. The summed E-state index contributed by atoms with van der Waals surface area (Å²) in [7, 11) is 0. The fraction of sp³-hybridized carbons (Fsp3) is 0.133. The first-order chi connectivity index (χ1) is 8.57. The van der Waals surface area contributed by atoms with E-state index >= 15 is 0 Å². The zero-order valence-electron chi connectivity index (χ0n) is 10.3. The van der Waals surface area contributed by atoms with Gasteiger partial charge in [-0.1, -0.05) is 18.2 Å². The third-order valence-corrected chi connectivity index (χ3v) is 3.06. The number of benzene rings is 1. The van der Waals surface area contributed by atoms with E-state index in [-0.39, 0.29) is 17.2 Å². The Balaban J connectivity index is 2.57. The van der Waals surface area contributed by atoms with Crippen LogP contribution in [-0.2, 0) is 4.79 Å². The molecule has 0 aromatic heterocycles. The Bertz CT molecular complexity index is 603. The third-order valence-electron chi connectivity index (χ3n) is 3.06. The van der Waals surface area contributed by atoms with Gasteiger partial charge < -0.3 is 5.11 Å². The van der Waals surface area contributed by atoms with Crippen molar-refractivity contribution in [1.29, 1.82) is 0 Å². The number of aliphatic hydroxyl groups is 1. The smallest absolute Gasteiger partial charge is 0.267 e. The molecular weight excluding hydrogens is 226 g/mol. The maximum atomic E-state index is 12.3. The quantitative estimate of drug-likeness (QED) is 0.465. The van der Waals surface area contributed by atoms with E-state index in [0.717, 1.165) is 11.4 Å². The summed E-state index contributed by atoms with van der Waals surface area (Å²) >= 11 is 0. The molecule has 1 heterocycles. The molecule has 18 heavy (non-hydrogen) atoms. The first kappa shape index (κ1) is 12.0. The van der Waals surface area contributed by atoms with Crippen LogP contribution in [0.1, 0.15) is 13.8 Å². The van der Waals surface area contributed by atoms with Crippen LogP contribution in [0.3, 0.4) is 0 Å². The fourth-order valence-corrected chi connectivity index (χ4v) is 2.01. The van der Waals surface area contributed by atoms with Gasteiger partial charge in [-0.2, -0.15) is 0 Å². The van der Waals surface area contributed by atoms with E-state index in [1.807, 2.05) is 37.3 Å². The van der Waals surface area contributed by atoms with Crippen molar-refractivity contribution in [2.24, 2.45) is 0 Å². The van der Waals surface area contributed by atoms with Gasteiger partial charge >= 0.3 is 0 Å². The average molecular weight is 239 g/mol. The van der Waals surface area contributed by atoms with Crippen LogP contribution in [0.4, 0.5) is 5.69 Å². The number of rotatable bonds is 1. The lowest BCUT2D eigenvalue weighted by atomic mass is 10.1. The molecule has 0 fully saturated rings. The van der Waals surface area contributed by atoms with Crippen molar-refractivity contribution in [3.8, 4) is 12.3 Å². The predicted molar refractivity (Wildman–Crippen MR) is 70.8 cm³/mol. The van der Waals surface area contributed by atoms with Gasteiger partial charge in [0.1, 0.15) is 0 Å². The molecule has 0 spiro atoms. The summed E-state index contributed by atoms with van der Waals surface area (Å²) in [5, 5.41) is 9.64. The van der Waals surface area contributed by atoms with Crippen LogP contribution in [-0.4, -0.2) is 11.0 Å². The van der Waals surface area contributed by atoms with Crippen molar-refractivity contribution in [3.05, 3.63) is 52.9 Å². The molecule has 1 aliphatic rings. The van der Waals surface area contributed by atoms with E-state index in [4.69, 9.17) is 6.42 Å². The van der Waals surface area contributed by atoms with Crippen LogP contribution in [0, 0.1) is 12.3 Å². The lowest BCUT2D eigenvalue weighted by molar-refractivity contribution is -0.114. The number of carbonyl (C=O) groups excluding carboxylic acids is 1. The summed E-state index contributed by atoms with van der Waals surface area (Å²) in [6, 6.07) is 9.27. The van der Waals surface area contributed by atoms with Gasteiger partial charge in [0.15, 0.2) is 5.76 Å². The van der Waals surface area contributed by atoms with E-state index in [1.54, 1.807) is 11.8 Å². The number of allylic oxidation sites excluding steroid dienone is 2. The van der Waals surface area contributed by atoms with Crippen molar-refractivity contribution >= 4 is 11.6 Å². The fourth-order valence-electron chi connectivity index (χ4n) is 2.01. The number of carbonyl (C=O) groups is 1. The Labute approximate surface area is 106 Å². The lowest BCUT2D eigenvalue weighted by Crippen LogP contribution is -2.24. The monoisotopic (exact) mass is 239 g/mol. The molecule has 1 aromatic carbocycles. The second-order valence-corrected chi connectivity index (χ2v) is 4.05. The minimum Gasteiger partial charge on any atom is -0.500 e. The molecule has 0 saturated heterocycles. The molecule has 0 aliphatic carbocycles. The molecule has 3 heteroatoms. The summed E-state index contributed by atoms with van der Waals surface area (Å²) in [6.45, 7) is 3.61. The molecule has 0 bridgehead atoms. The van der Waals surface area contributed by atoms with Gasteiger partial charge in [0, 0.05) is 11.4 Å². The maximum absolute atomic E-state index is 12.3. The Hall–Kier alpha value is -2.47. The van der Waals surface area contributed by atoms with Crippen molar-refractivity contribution < 1.29 is 9.90 Å². The molecule has 2 rings (SSSR count). The highest BCUT2D eigenvalue weighted by Crippen LogP contribution is 2.34. The average Bonchev–Trinajstić information content (AvgIpc) is 2.61. The van der Waals surface area contributed by atoms with Crippen molar-refractivity contribution in [1.82, 2.24) is 0 Å². The molecule has 3 nitrogen and oxygen atoms in total. The van der Waals surface area contributed by atoms with Gasteiger partial charge in [0.25, 0.3) is 5.91 Å². The number of anilines is 1. The number of amides is 1. The van der Waals surface area contributed by atoms with Gasteiger partial charge in [-0.25, -0.2) is 0 Å². The maximum Gasteiger partial charge on any atom is 0.267 e. The van der Waals surface area contributed by atoms with E-state index in [2.05, 4.69) is 5.92 Å². The summed E-state index contributed by atoms with van der Waals surface area (Å²) in [5.41, 5.74) is 2.46. The minimum absolute atomic E-state index is 0.207. The number of aliphatic hydroxyl groups excluding tert-OH is 1. The summed E-state index contributed by atoms with van der Waals surface area (Å²) in [6.07, 6.45) is 5.15. The normalized spacial score (nSPS) is 18.1. The largest absolute Gasteiger partial charge is 0.500 e. The summed E-state index contributed by atoms with van der Waals surface area (Å²) in [5.74, 6) is 1.52. The predicted octanol–water partition coefficient (Wildman–Crippen LogP) is 2.77. The number of hydrogen-bond donors (Lipinski definition) is 1. The zero-order valence-corrected chi connectivity index (χ0v) is 10.3. The summed E-state index contributed by atoms with van der Waals surface area (Å²) in [4.78, 5) is 13.9. The highest BCUT2D eigenvalue weighted by atomic mass is 16.3. The standard InChI is InChI=1S/C15H13NO2/c1-4-13(17)14-10(2)11(3)16(15(14)18)12-8-6-5-7-9-12/h1,5-9,17H,2-3H3/b14-13-. The highest BCUT2D eigenvalue weighted by molar-refractivity contribution is 6.14. The van der Waals surface area contributed by atoms with Crippen LogP contribution in [0.5, 0.6) is 0 Å². The second kappa shape index (κ2) is 4.42. The van der Waals surface area contributed by atoms with Crippen molar-refractivity contribution in [2.45, 2.75) is 13.8 Å². The molecule has 0 radical (unpaired) electrons. The second-order valence-electron chi connectivity index (χ2n) is 4.05. The molecule has 0 atom stereocenters. The van der Waals surface area contributed by atoms with Gasteiger partial charge in [-0.05, 0) is 37.5 Å². The molecular formula is C15H13NO2. The van der Waals surface area contributed by atoms with Crippen molar-refractivity contribution in [3.63, 3.8) is 0 Å². The molecule has 1 N–H and O–H groups in total. The molecule has 1 aromatic rings. The van der Waals surface area contributed by atoms with E-state index in [9.17, 15) is 9.90 Å². The first-order valence-corrected chi connectivity index (χ1v) is 5.55. The molecule has 90 valence electrons. The van der Waals surface area contributed by atoms with Gasteiger partial charge in [0.2, 0.25) is 0 Å². The van der Waals surface area contributed by atoms with Crippen molar-refractivity contribution in [2.75, 3.05) is 4.90 Å². The SMILES string of the molecule is C#C/C(O)=C1/C(=O)N(c2ccccc2)C(C)=C1C. The number of hydrogen-bond acceptors (Lipinski definition) is 2. The summed E-state index contributed by atoms with van der Waals surface area (Å²) < 4.78 is 0. The lowest BCUT2D eigenvalue weighted by Gasteiger charge is -2.17. The van der Waals surface area contributed by atoms with Crippen LogP contribution >= 0.6 is 0 Å². The highest BCUT2D eigenvalue weighted by Gasteiger charge is 2.33. The minimum atomic E-state index is -0.310. The van der Waals surface area contributed by atoms with Gasteiger partial charge in [-0.15, -0.1) is 6.42 Å². The molecule has 1 aliphatic heterocycles. The number of nitrogens with zero attached hydrogens (tertiary/aromatic N) is 1. The van der Waals surface area contributed by atoms with E-state index in [0.29, 0.717) is 5.57 Å². The van der Waals surface area contributed by atoms with Crippen LogP contribution < -0.4 is 4.90 Å². The Morgan fingerprint density at radius 2 is 1.89 bits per heavy atom. The topological polar surface area (TPSA) is 40.5 Å². The zero-order chi connectivity index (χ0) is 13.3. The van der Waals surface area contributed by atoms with Crippen LogP contribution in [0.2, 0.25) is 0 Å². The third kappa shape index (κ3) is 1.68. The van der Waals surface area contributed by atoms with Crippen LogP contribution in [0.15, 0.2) is 52.9 Å². The first-order valence-electron chi connectivity index (χ1n) is 5.55. The molecule has 0 saturated carbocycles. The Morgan fingerprint density at radius 3 is 2.44 bits per heavy atom. The number of para-hydroxylation sites is 1. The van der Waals surface area contributed by atoms with Gasteiger partial charge in [0.05, 0.1) is 5.57 Å². The van der Waals surface area contributed by atoms with E-state index < -0.39 is 0 Å². The number of terminal acetylenes is 1. The van der Waals surface area contributed by atoms with E-state index in [1.165, 1.54) is 0 Å². The van der Waals surface area contributed by atoms with Crippen LogP contribution in [0.25, 0.3) is 0 Å².